The first-order valence-corrected chi connectivity index (χ1v) is 15.3. The number of carbonyl (C=O) groups is 2. The molecule has 0 saturated heterocycles. The van der Waals surface area contributed by atoms with E-state index in [-0.39, 0.29) is 93.9 Å². The maximum absolute atomic E-state index is 11.2. The fraction of sp³-hybridized carbons (Fsp3) is 0.875. The van der Waals surface area contributed by atoms with Crippen molar-refractivity contribution in [2.45, 2.75) is 64.2 Å². The molecule has 0 radical (unpaired) electrons. The summed E-state index contributed by atoms with van der Waals surface area (Å²) in [4.78, 5) is 22.4. The Kier molecular flexibility index (Phi) is 27.2. The van der Waals surface area contributed by atoms with Gasteiger partial charge in [-0.15, -0.1) is 0 Å². The summed E-state index contributed by atoms with van der Waals surface area (Å²) < 4.78 is 71.8. The maximum atomic E-state index is 11.2. The number of esters is 2. The molecule has 0 saturated carbocycles. The molecule has 178 valence electrons. The fourth-order valence-electron chi connectivity index (χ4n) is 2.31. The Hall–Kier alpha value is 1.46. The van der Waals surface area contributed by atoms with Crippen LogP contribution in [0.3, 0.4) is 0 Å². The van der Waals surface area contributed by atoms with Crippen molar-refractivity contribution in [1.29, 1.82) is 0 Å². The van der Waals surface area contributed by atoms with Crippen LogP contribution < -0.4 is 59.1 Å². The van der Waals surface area contributed by atoms with Crippen LogP contribution >= 0.6 is 21.6 Å². The first kappa shape index (κ1) is 38.0. The van der Waals surface area contributed by atoms with E-state index in [4.69, 9.17) is 9.47 Å². The predicted molar refractivity (Wildman–Crippen MR) is 112 cm³/mol. The molecule has 0 N–H and O–H groups in total. The van der Waals surface area contributed by atoms with Crippen LogP contribution in [0.15, 0.2) is 0 Å². The molecule has 0 unspecified atom stereocenters. The molecule has 0 atom stereocenters. The van der Waals surface area contributed by atoms with E-state index in [0.29, 0.717) is 12.8 Å². The molecule has 0 bridgehead atoms. The Morgan fingerprint density at radius 3 is 1.06 bits per heavy atom. The zero-order chi connectivity index (χ0) is 22.9. The molecule has 10 nitrogen and oxygen atoms in total. The topological polar surface area (TPSA) is 167 Å². The Bertz CT molecular complexity index is 642. The molecule has 16 heteroatoms. The molecular weight excluding hydrogens is 526 g/mol. The van der Waals surface area contributed by atoms with Crippen molar-refractivity contribution < 1.29 is 104 Å². The largest absolute Gasteiger partial charge is 1.00 e. The molecule has 0 spiro atoms. The number of hydrogen-bond donors (Lipinski definition) is 0. The molecule has 0 heterocycles. The van der Waals surface area contributed by atoms with Gasteiger partial charge >= 0.3 is 71.1 Å². The number of hydrogen-bond acceptors (Lipinski definition) is 12. The second-order valence-corrected chi connectivity index (χ2v) is 12.9. The molecule has 0 aromatic carbocycles. The second kappa shape index (κ2) is 22.9. The van der Waals surface area contributed by atoms with Crippen molar-refractivity contribution in [3.63, 3.8) is 0 Å². The van der Waals surface area contributed by atoms with Gasteiger partial charge in [-0.05, 0) is 34.4 Å². The van der Waals surface area contributed by atoms with E-state index in [1.807, 2.05) is 0 Å². The number of rotatable bonds is 19. The molecule has 0 aliphatic rings. The van der Waals surface area contributed by atoms with Crippen molar-refractivity contribution in [3.8, 4) is 0 Å². The van der Waals surface area contributed by atoms with Gasteiger partial charge in [0.05, 0.1) is 13.2 Å². The van der Waals surface area contributed by atoms with E-state index in [1.54, 1.807) is 0 Å². The van der Waals surface area contributed by atoms with E-state index >= 15 is 0 Å². The average Bonchev–Trinajstić information content (AvgIpc) is 2.63. The average molecular weight is 555 g/mol. The molecule has 0 amide bonds. The minimum Gasteiger partial charge on any atom is -0.739 e. The van der Waals surface area contributed by atoms with Gasteiger partial charge in [-0.2, -0.15) is 0 Å². The summed E-state index contributed by atoms with van der Waals surface area (Å²) in [7, 11) is -8.90. The van der Waals surface area contributed by atoms with Gasteiger partial charge in [0.1, 0.15) is 29.8 Å². The summed E-state index contributed by atoms with van der Waals surface area (Å²) in [6, 6.07) is 0. The van der Waals surface area contributed by atoms with Crippen LogP contribution in [0.25, 0.3) is 0 Å². The standard InChI is InChI=1S/C16H30O10S4.2Na/c17-15(13-27-29(19,20)21)25-11-9-7-5-3-1-2-4-6-8-10-12-26-16(18)14-28-30(22,23)24;;/h1-14H2,(H,19,20,21)(H,22,23,24);;/q;2*+1/p-2. The van der Waals surface area contributed by atoms with Gasteiger partial charge < -0.3 is 18.6 Å². The number of unbranched alkanes of at least 4 members (excludes halogenated alkanes) is 9. The summed E-state index contributed by atoms with van der Waals surface area (Å²) >= 11 is 0. The van der Waals surface area contributed by atoms with E-state index in [2.05, 4.69) is 0 Å². The van der Waals surface area contributed by atoms with E-state index in [9.17, 15) is 35.5 Å². The number of carbonyl (C=O) groups excluding carboxylic acids is 2. The molecule has 0 aliphatic heterocycles. The number of ether oxygens (including phenoxy) is 2. The van der Waals surface area contributed by atoms with Crippen LogP contribution in [0.5, 0.6) is 0 Å². The van der Waals surface area contributed by atoms with Crippen molar-refractivity contribution in [2.24, 2.45) is 0 Å². The van der Waals surface area contributed by atoms with Crippen LogP contribution in [0.4, 0.5) is 0 Å². The third-order valence-corrected chi connectivity index (χ3v) is 7.43. The van der Waals surface area contributed by atoms with Crippen LogP contribution in [-0.4, -0.2) is 62.6 Å². The Labute approximate surface area is 242 Å². The molecule has 32 heavy (non-hydrogen) atoms. The zero-order valence-electron chi connectivity index (χ0n) is 18.6. The monoisotopic (exact) mass is 554 g/mol. The van der Waals surface area contributed by atoms with E-state index in [0.717, 1.165) is 51.4 Å². The third kappa shape index (κ3) is 31.5. The van der Waals surface area contributed by atoms with Crippen LogP contribution in [-0.2, 0) is 37.4 Å². The SMILES string of the molecule is O=C(CSS(=O)(=O)[O-])OCCCCCCCCCCCCOC(=O)CSS(=O)(=O)[O-].[Na+].[Na+]. The van der Waals surface area contributed by atoms with Crippen molar-refractivity contribution in [2.75, 3.05) is 24.7 Å². The van der Waals surface area contributed by atoms with E-state index in [1.165, 1.54) is 0 Å². The minimum absolute atomic E-state index is 0. The normalized spacial score (nSPS) is 11.2. The van der Waals surface area contributed by atoms with Gasteiger partial charge in [0.15, 0.2) is 0 Å². The summed E-state index contributed by atoms with van der Waals surface area (Å²) in [5, 5.41) is 0. The van der Waals surface area contributed by atoms with Gasteiger partial charge in [-0.3, -0.25) is 9.59 Å². The maximum Gasteiger partial charge on any atom is 1.00 e. The molecule has 0 rings (SSSR count). The third-order valence-electron chi connectivity index (χ3n) is 3.71. The second-order valence-electron chi connectivity index (χ2n) is 6.32. The van der Waals surface area contributed by atoms with Crippen molar-refractivity contribution >= 4 is 51.8 Å². The first-order valence-electron chi connectivity index (χ1n) is 9.51. The van der Waals surface area contributed by atoms with Crippen molar-refractivity contribution in [3.05, 3.63) is 0 Å². The summed E-state index contributed by atoms with van der Waals surface area (Å²) in [5.41, 5.74) is 0. The van der Waals surface area contributed by atoms with Gasteiger partial charge in [-0.25, -0.2) is 16.8 Å². The fourth-order valence-corrected chi connectivity index (χ4v) is 4.41. The Balaban J connectivity index is -0.00000420. The van der Waals surface area contributed by atoms with Gasteiger partial charge in [0.25, 0.3) is 0 Å². The molecular formula is C16H28Na2O10S4. The van der Waals surface area contributed by atoms with Crippen LogP contribution in [0.2, 0.25) is 0 Å². The molecule has 0 aliphatic carbocycles. The van der Waals surface area contributed by atoms with Crippen LogP contribution in [0, 0.1) is 0 Å². The minimum atomic E-state index is -4.47. The van der Waals surface area contributed by atoms with Gasteiger partial charge in [-0.1, -0.05) is 51.4 Å². The Morgan fingerprint density at radius 2 is 0.812 bits per heavy atom. The first-order chi connectivity index (χ1) is 14.0. The summed E-state index contributed by atoms with van der Waals surface area (Å²) in [5.74, 6) is -2.38. The zero-order valence-corrected chi connectivity index (χ0v) is 25.9. The predicted octanol–water partition coefficient (Wildman–Crippen LogP) is -3.63. The van der Waals surface area contributed by atoms with E-state index < -0.39 is 41.7 Å². The van der Waals surface area contributed by atoms with Crippen molar-refractivity contribution in [1.82, 2.24) is 0 Å². The summed E-state index contributed by atoms with van der Waals surface area (Å²) in [6.45, 7) is 0.433. The Morgan fingerprint density at radius 1 is 0.562 bits per heavy atom. The van der Waals surface area contributed by atoms with Gasteiger partial charge in [0, 0.05) is 0 Å². The molecule has 0 fully saturated rings. The summed E-state index contributed by atoms with van der Waals surface area (Å²) in [6.07, 6.45) is 9.52. The van der Waals surface area contributed by atoms with Gasteiger partial charge in [0.2, 0.25) is 0 Å². The van der Waals surface area contributed by atoms with Crippen LogP contribution in [0.1, 0.15) is 64.2 Å². The molecule has 0 aromatic rings. The molecule has 0 aromatic heterocycles. The smallest absolute Gasteiger partial charge is 0.739 e. The quantitative estimate of drug-likeness (QED) is 0.0506.